The fourth-order valence-corrected chi connectivity index (χ4v) is 5.73. The summed E-state index contributed by atoms with van der Waals surface area (Å²) in [5.74, 6) is 0.794. The third-order valence-corrected chi connectivity index (χ3v) is 8.08. The Labute approximate surface area is 238 Å². The molecule has 0 spiro atoms. The topological polar surface area (TPSA) is 53.1 Å². The maximum Gasteiger partial charge on any atom is 0.327 e. The minimum Gasteiger partial charge on any atom is -0.489 e. The van der Waals surface area contributed by atoms with Crippen molar-refractivity contribution in [1.82, 2.24) is 14.7 Å². The van der Waals surface area contributed by atoms with E-state index in [1.54, 1.807) is 0 Å². The maximum atomic E-state index is 13.5. The summed E-state index contributed by atoms with van der Waals surface area (Å²) in [5, 5.41) is 0. The molecule has 6 heteroatoms. The van der Waals surface area contributed by atoms with Crippen LogP contribution in [-0.4, -0.2) is 65.4 Å². The molecule has 1 atom stereocenters. The highest BCUT2D eigenvalue weighted by Crippen LogP contribution is 2.24. The summed E-state index contributed by atoms with van der Waals surface area (Å²) in [4.78, 5) is 32.7. The van der Waals surface area contributed by atoms with E-state index in [9.17, 15) is 9.59 Å². The van der Waals surface area contributed by atoms with Gasteiger partial charge < -0.3 is 14.5 Å². The van der Waals surface area contributed by atoms with Crippen molar-refractivity contribution in [2.24, 2.45) is 0 Å². The molecule has 2 heterocycles. The van der Waals surface area contributed by atoms with Crippen LogP contribution in [0, 0.1) is 0 Å². The van der Waals surface area contributed by atoms with Crippen molar-refractivity contribution < 1.29 is 14.3 Å². The van der Waals surface area contributed by atoms with E-state index in [0.717, 1.165) is 62.2 Å². The molecule has 3 aromatic rings. The van der Waals surface area contributed by atoms with Crippen LogP contribution in [0.2, 0.25) is 0 Å². The molecule has 0 aromatic heterocycles. The summed E-state index contributed by atoms with van der Waals surface area (Å²) in [6.07, 6.45) is 6.64. The number of rotatable bonds is 14. The van der Waals surface area contributed by atoms with Gasteiger partial charge in [-0.25, -0.2) is 4.79 Å². The predicted molar refractivity (Wildman–Crippen MR) is 158 cm³/mol. The molecule has 40 heavy (non-hydrogen) atoms. The lowest BCUT2D eigenvalue weighted by atomic mass is 10.0. The Balaban J connectivity index is 1.17. The lowest BCUT2D eigenvalue weighted by Crippen LogP contribution is -2.39. The molecule has 210 valence electrons. The van der Waals surface area contributed by atoms with Gasteiger partial charge in [0.05, 0.1) is 0 Å². The second-order valence-corrected chi connectivity index (χ2v) is 10.9. The average Bonchev–Trinajstić information content (AvgIpc) is 3.59. The molecule has 2 fully saturated rings. The first kappa shape index (κ1) is 27.9. The summed E-state index contributed by atoms with van der Waals surface area (Å²) in [5.41, 5.74) is 3.59. The molecule has 0 aliphatic carbocycles. The fraction of sp³-hybridized carbons (Fsp3) is 0.412. The van der Waals surface area contributed by atoms with E-state index in [1.807, 2.05) is 41.3 Å². The zero-order valence-corrected chi connectivity index (χ0v) is 23.4. The molecule has 0 unspecified atom stereocenters. The Bertz CT molecular complexity index is 1210. The second-order valence-electron chi connectivity index (χ2n) is 10.9. The number of amides is 3. The number of imide groups is 1. The van der Waals surface area contributed by atoms with E-state index in [-0.39, 0.29) is 11.9 Å². The van der Waals surface area contributed by atoms with Gasteiger partial charge in [0, 0.05) is 19.6 Å². The van der Waals surface area contributed by atoms with Crippen LogP contribution >= 0.6 is 0 Å². The van der Waals surface area contributed by atoms with E-state index < -0.39 is 6.04 Å². The molecule has 0 radical (unpaired) electrons. The molecule has 0 N–H and O–H groups in total. The number of unbranched alkanes of at least 4 members (excludes halogenated alkanes) is 1. The number of urea groups is 1. The van der Waals surface area contributed by atoms with Gasteiger partial charge in [-0.3, -0.25) is 9.69 Å². The molecule has 3 aromatic carbocycles. The van der Waals surface area contributed by atoms with Crippen LogP contribution in [0.1, 0.15) is 48.8 Å². The third-order valence-electron chi connectivity index (χ3n) is 8.08. The smallest absolute Gasteiger partial charge is 0.327 e. The maximum absolute atomic E-state index is 13.5. The van der Waals surface area contributed by atoms with Crippen LogP contribution in [-0.2, 0) is 24.2 Å². The number of likely N-dealkylation sites (tertiary alicyclic amines) is 1. The van der Waals surface area contributed by atoms with Gasteiger partial charge in [0.2, 0.25) is 0 Å². The summed E-state index contributed by atoms with van der Waals surface area (Å²) < 4.78 is 5.93. The lowest BCUT2D eigenvalue weighted by molar-refractivity contribution is -0.128. The lowest BCUT2D eigenvalue weighted by Gasteiger charge is -2.22. The number of carbonyl (C=O) groups excluding carboxylic acids is 2. The Morgan fingerprint density at radius 1 is 0.675 bits per heavy atom. The van der Waals surface area contributed by atoms with Crippen molar-refractivity contribution in [3.63, 3.8) is 0 Å². The molecule has 0 bridgehead atoms. The van der Waals surface area contributed by atoms with Crippen LogP contribution in [0.5, 0.6) is 5.75 Å². The van der Waals surface area contributed by atoms with Crippen LogP contribution in [0.15, 0.2) is 84.9 Å². The number of carbonyl (C=O) groups is 2. The van der Waals surface area contributed by atoms with Crippen molar-refractivity contribution in [2.75, 3.05) is 32.7 Å². The number of ether oxygens (including phenoxy) is 1. The molecule has 0 saturated carbocycles. The highest BCUT2D eigenvalue weighted by atomic mass is 16.5. The minimum atomic E-state index is -0.392. The van der Waals surface area contributed by atoms with Gasteiger partial charge in [-0.1, -0.05) is 72.8 Å². The first-order chi connectivity index (χ1) is 19.7. The van der Waals surface area contributed by atoms with Crippen LogP contribution in [0.4, 0.5) is 4.79 Å². The molecule has 2 aliphatic rings. The Morgan fingerprint density at radius 2 is 1.32 bits per heavy atom. The second kappa shape index (κ2) is 14.1. The molecular weight excluding hydrogens is 498 g/mol. The van der Waals surface area contributed by atoms with Crippen molar-refractivity contribution in [3.05, 3.63) is 102 Å². The van der Waals surface area contributed by atoms with Gasteiger partial charge in [-0.05, 0) is 86.9 Å². The van der Waals surface area contributed by atoms with Crippen molar-refractivity contribution in [1.29, 1.82) is 0 Å². The number of hydrogen-bond acceptors (Lipinski definition) is 4. The quantitative estimate of drug-likeness (QED) is 0.188. The SMILES string of the molecule is O=C1[C@H](CCc2ccc(OCc3ccccc3)cc2)N(CCCCc2ccccc2)C(=O)N1CCN1CCCC1. The molecule has 3 amide bonds. The zero-order valence-electron chi connectivity index (χ0n) is 23.4. The molecule has 5 rings (SSSR count). The summed E-state index contributed by atoms with van der Waals surface area (Å²) in [6, 6.07) is 28.2. The van der Waals surface area contributed by atoms with E-state index in [2.05, 4.69) is 53.4 Å². The van der Waals surface area contributed by atoms with E-state index in [0.29, 0.717) is 26.1 Å². The van der Waals surface area contributed by atoms with Crippen LogP contribution in [0.3, 0.4) is 0 Å². The Kier molecular flexibility index (Phi) is 9.86. The molecule has 6 nitrogen and oxygen atoms in total. The van der Waals surface area contributed by atoms with E-state index in [1.165, 1.54) is 23.3 Å². The van der Waals surface area contributed by atoms with Gasteiger partial charge in [0.25, 0.3) is 5.91 Å². The highest BCUT2D eigenvalue weighted by Gasteiger charge is 2.44. The van der Waals surface area contributed by atoms with Crippen LogP contribution in [0.25, 0.3) is 0 Å². The first-order valence-electron chi connectivity index (χ1n) is 14.8. The molecule has 2 aliphatic heterocycles. The van der Waals surface area contributed by atoms with Crippen molar-refractivity contribution in [2.45, 2.75) is 57.6 Å². The molecule has 2 saturated heterocycles. The Morgan fingerprint density at radius 3 is 2.02 bits per heavy atom. The zero-order chi connectivity index (χ0) is 27.6. The number of nitrogens with zero attached hydrogens (tertiary/aromatic N) is 3. The molecular formula is C34H41N3O3. The third kappa shape index (κ3) is 7.51. The Hall–Kier alpha value is -3.64. The van der Waals surface area contributed by atoms with E-state index in [4.69, 9.17) is 4.74 Å². The van der Waals surface area contributed by atoms with Crippen molar-refractivity contribution >= 4 is 11.9 Å². The number of benzene rings is 3. The highest BCUT2D eigenvalue weighted by molar-refractivity contribution is 6.04. The summed E-state index contributed by atoms with van der Waals surface area (Å²) in [6.45, 7) is 4.54. The van der Waals surface area contributed by atoms with Gasteiger partial charge in [0.15, 0.2) is 0 Å². The van der Waals surface area contributed by atoms with Crippen LogP contribution < -0.4 is 4.74 Å². The average molecular weight is 540 g/mol. The summed E-state index contributed by atoms with van der Waals surface area (Å²) >= 11 is 0. The van der Waals surface area contributed by atoms with Crippen molar-refractivity contribution in [3.8, 4) is 5.75 Å². The van der Waals surface area contributed by atoms with Gasteiger partial charge in [0.1, 0.15) is 18.4 Å². The van der Waals surface area contributed by atoms with Gasteiger partial charge >= 0.3 is 6.03 Å². The first-order valence-corrected chi connectivity index (χ1v) is 14.8. The fourth-order valence-electron chi connectivity index (χ4n) is 5.73. The number of aryl methyl sites for hydroxylation is 2. The summed E-state index contributed by atoms with van der Waals surface area (Å²) in [7, 11) is 0. The van der Waals surface area contributed by atoms with Gasteiger partial charge in [-0.2, -0.15) is 0 Å². The minimum absolute atomic E-state index is 0.0323. The monoisotopic (exact) mass is 539 g/mol. The standard InChI is InChI=1S/C34H41N3O3/c38-33-32(21-18-29-16-19-31(20-17-29)40-27-30-14-5-2-6-15-30)36(24-8-7-13-28-11-3-1-4-12-28)34(39)37(33)26-25-35-22-9-10-23-35/h1-6,11-12,14-17,19-20,32H,7-10,13,18,21-27H2/t32-/m0/s1. The van der Waals surface area contributed by atoms with E-state index >= 15 is 0 Å². The number of hydrogen-bond donors (Lipinski definition) is 0. The normalized spacial score (nSPS) is 17.6. The van der Waals surface area contributed by atoms with Gasteiger partial charge in [-0.15, -0.1) is 0 Å². The largest absolute Gasteiger partial charge is 0.489 e. The predicted octanol–water partition coefficient (Wildman–Crippen LogP) is 5.95.